The smallest absolute Gasteiger partial charge is 0.308 e. The van der Waals surface area contributed by atoms with Crippen LogP contribution in [0.5, 0.6) is 0 Å². The third kappa shape index (κ3) is 2.36. The van der Waals surface area contributed by atoms with Crippen molar-refractivity contribution in [3.8, 4) is 0 Å². The van der Waals surface area contributed by atoms with Gasteiger partial charge in [0.25, 0.3) is 5.13 Å². The van der Waals surface area contributed by atoms with Crippen LogP contribution in [0.15, 0.2) is 9.98 Å². The van der Waals surface area contributed by atoms with E-state index in [9.17, 15) is 10.0 Å². The number of rotatable bonds is 2. The van der Waals surface area contributed by atoms with Crippen molar-refractivity contribution in [2.45, 2.75) is 13.3 Å². The second kappa shape index (κ2) is 4.62. The van der Waals surface area contributed by atoms with E-state index in [1.165, 1.54) is 18.3 Å². The molecule has 2 heterocycles. The van der Waals surface area contributed by atoms with Gasteiger partial charge in [-0.25, -0.2) is 4.90 Å². The molecule has 0 aromatic carbocycles. The Morgan fingerprint density at radius 2 is 2.53 bits per heavy atom. The van der Waals surface area contributed by atoms with Crippen LogP contribution >= 0.6 is 27.3 Å². The van der Waals surface area contributed by atoms with Crippen LogP contribution < -0.4 is 4.65 Å². The van der Waals surface area contributed by atoms with Crippen LogP contribution in [0.25, 0.3) is 0 Å². The van der Waals surface area contributed by atoms with E-state index in [-0.39, 0.29) is 0 Å². The van der Waals surface area contributed by atoms with Gasteiger partial charge in [0.05, 0.1) is 16.5 Å². The Morgan fingerprint density at radius 3 is 3.06 bits per heavy atom. The van der Waals surface area contributed by atoms with E-state index in [4.69, 9.17) is 4.74 Å². The lowest BCUT2D eigenvalue weighted by Crippen LogP contribution is -2.53. The molecule has 0 saturated carbocycles. The Hall–Kier alpha value is -0.540. The predicted octanol–water partition coefficient (Wildman–Crippen LogP) is 1.50. The summed E-state index contributed by atoms with van der Waals surface area (Å²) in [7, 11) is 1.76. The van der Waals surface area contributed by atoms with Gasteiger partial charge >= 0.3 is 12.3 Å². The van der Waals surface area contributed by atoms with E-state index in [1.807, 2.05) is 0 Å². The molecule has 6 nitrogen and oxygen atoms in total. The van der Waals surface area contributed by atoms with Crippen molar-refractivity contribution >= 4 is 38.4 Å². The van der Waals surface area contributed by atoms with Crippen LogP contribution in [-0.4, -0.2) is 42.3 Å². The van der Waals surface area contributed by atoms with Crippen molar-refractivity contribution in [3.63, 3.8) is 0 Å². The van der Waals surface area contributed by atoms with Gasteiger partial charge in [0, 0.05) is 6.92 Å². The van der Waals surface area contributed by atoms with Crippen LogP contribution in [0.3, 0.4) is 0 Å². The highest BCUT2D eigenvalue weighted by Gasteiger charge is 2.45. The van der Waals surface area contributed by atoms with Crippen molar-refractivity contribution in [2.75, 3.05) is 20.1 Å². The van der Waals surface area contributed by atoms with Crippen LogP contribution in [0.1, 0.15) is 6.92 Å². The molecule has 2 unspecified atom stereocenters. The molecule has 94 valence electrons. The van der Waals surface area contributed by atoms with E-state index in [0.717, 1.165) is 3.79 Å². The minimum Gasteiger partial charge on any atom is -0.622 e. The number of hydrogen-bond donors (Lipinski definition) is 0. The standard InChI is InChI=1S/C9H12BrN3O3S/c1-6(14)16-9-12(2)3-4-13(9,15)8-11-5-7(10)17-8/h5,9H,3-4H2,1-2H3. The molecule has 1 aromatic heterocycles. The van der Waals surface area contributed by atoms with Gasteiger partial charge in [-0.2, -0.15) is 4.98 Å². The molecule has 1 aliphatic rings. The van der Waals surface area contributed by atoms with Gasteiger partial charge in [0.1, 0.15) is 6.54 Å². The SMILES string of the molecule is CC(=O)OC1N(C)CC[N+]1([O-])c1ncc(Br)s1. The Bertz CT molecular complexity index is 441. The first-order valence-electron chi connectivity index (χ1n) is 5.01. The molecule has 17 heavy (non-hydrogen) atoms. The lowest BCUT2D eigenvalue weighted by molar-refractivity contribution is -0.161. The van der Waals surface area contributed by atoms with Gasteiger partial charge in [0.15, 0.2) is 0 Å². The molecule has 2 atom stereocenters. The number of thiazole rings is 1. The summed E-state index contributed by atoms with van der Waals surface area (Å²) in [5.41, 5.74) is 0. The molecular formula is C9H12BrN3O3S. The Balaban J connectivity index is 2.31. The zero-order chi connectivity index (χ0) is 12.6. The molecule has 1 aliphatic heterocycles. The summed E-state index contributed by atoms with van der Waals surface area (Å²) < 4.78 is 5.16. The summed E-state index contributed by atoms with van der Waals surface area (Å²) in [6.45, 7) is 2.20. The van der Waals surface area contributed by atoms with E-state index in [0.29, 0.717) is 18.2 Å². The summed E-state index contributed by atoms with van der Waals surface area (Å²) in [4.78, 5) is 16.8. The molecular weight excluding hydrogens is 310 g/mol. The number of carbonyl (C=O) groups excluding carboxylic acids is 1. The van der Waals surface area contributed by atoms with Crippen molar-refractivity contribution in [3.05, 3.63) is 15.2 Å². The monoisotopic (exact) mass is 321 g/mol. The minimum atomic E-state index is -0.842. The highest BCUT2D eigenvalue weighted by Crippen LogP contribution is 2.36. The third-order valence-corrected chi connectivity index (χ3v) is 4.17. The molecule has 0 amide bonds. The lowest BCUT2D eigenvalue weighted by Gasteiger charge is -2.39. The molecule has 8 heteroatoms. The molecule has 2 rings (SSSR count). The predicted molar refractivity (Wildman–Crippen MR) is 68.0 cm³/mol. The fourth-order valence-corrected chi connectivity index (χ4v) is 3.04. The molecule has 0 N–H and O–H groups in total. The Kier molecular flexibility index (Phi) is 3.50. The number of nitrogens with zero attached hydrogens (tertiary/aromatic N) is 3. The quantitative estimate of drug-likeness (QED) is 0.469. The Morgan fingerprint density at radius 1 is 1.82 bits per heavy atom. The highest BCUT2D eigenvalue weighted by atomic mass is 79.9. The number of halogens is 1. The zero-order valence-corrected chi connectivity index (χ0v) is 11.8. The van der Waals surface area contributed by atoms with Crippen molar-refractivity contribution in [1.82, 2.24) is 14.5 Å². The molecule has 0 radical (unpaired) electrons. The topological polar surface area (TPSA) is 65.5 Å². The summed E-state index contributed by atoms with van der Waals surface area (Å²) >= 11 is 4.54. The third-order valence-electron chi connectivity index (χ3n) is 2.58. The highest BCUT2D eigenvalue weighted by molar-refractivity contribution is 9.11. The van der Waals surface area contributed by atoms with Crippen molar-refractivity contribution in [2.24, 2.45) is 0 Å². The van der Waals surface area contributed by atoms with Gasteiger partial charge in [-0.1, -0.05) is 0 Å². The largest absolute Gasteiger partial charge is 0.622 e. The van der Waals surface area contributed by atoms with E-state index >= 15 is 0 Å². The van der Waals surface area contributed by atoms with E-state index < -0.39 is 17.0 Å². The molecule has 0 bridgehead atoms. The van der Waals surface area contributed by atoms with Gasteiger partial charge < -0.3 is 9.94 Å². The van der Waals surface area contributed by atoms with Gasteiger partial charge in [-0.05, 0) is 34.3 Å². The molecule has 1 aromatic rings. The van der Waals surface area contributed by atoms with Crippen molar-refractivity contribution < 1.29 is 9.53 Å². The maximum Gasteiger partial charge on any atom is 0.308 e. The number of aromatic nitrogens is 1. The van der Waals surface area contributed by atoms with Gasteiger partial charge in [0.2, 0.25) is 0 Å². The fraction of sp³-hybridized carbons (Fsp3) is 0.556. The van der Waals surface area contributed by atoms with E-state index in [2.05, 4.69) is 20.9 Å². The zero-order valence-electron chi connectivity index (χ0n) is 9.42. The average Bonchev–Trinajstić information content (AvgIpc) is 2.78. The second-order valence-corrected chi connectivity index (χ2v) is 6.27. The average molecular weight is 322 g/mol. The first-order chi connectivity index (χ1) is 7.93. The Labute approximate surface area is 111 Å². The number of quaternary nitrogens is 1. The first kappa shape index (κ1) is 12.9. The molecule has 0 spiro atoms. The second-order valence-electron chi connectivity index (χ2n) is 3.88. The molecule has 1 saturated heterocycles. The summed E-state index contributed by atoms with van der Waals surface area (Å²) in [5.74, 6) is -0.460. The van der Waals surface area contributed by atoms with Crippen LogP contribution in [0.2, 0.25) is 0 Å². The normalized spacial score (nSPS) is 29.5. The van der Waals surface area contributed by atoms with Gasteiger partial charge in [-0.15, -0.1) is 0 Å². The van der Waals surface area contributed by atoms with Crippen molar-refractivity contribution in [1.29, 1.82) is 0 Å². The number of carbonyl (C=O) groups is 1. The van der Waals surface area contributed by atoms with Crippen LogP contribution in [0.4, 0.5) is 5.13 Å². The lowest BCUT2D eigenvalue weighted by atomic mass is 10.6. The first-order valence-corrected chi connectivity index (χ1v) is 6.62. The maximum atomic E-state index is 12.7. The summed E-state index contributed by atoms with van der Waals surface area (Å²) in [6.07, 6.45) is 0.742. The summed E-state index contributed by atoms with van der Waals surface area (Å²) in [5, 5.41) is 13.1. The number of hydrogen-bond acceptors (Lipinski definition) is 6. The van der Waals surface area contributed by atoms with Crippen LogP contribution in [0, 0.1) is 5.21 Å². The number of likely N-dealkylation sites (N-methyl/N-ethyl adjacent to an activating group) is 1. The number of esters is 1. The summed E-state index contributed by atoms with van der Waals surface area (Å²) in [6, 6.07) is 0. The maximum absolute atomic E-state index is 12.7. The molecule has 1 fully saturated rings. The number of hydroxylamine groups is 2. The minimum absolute atomic E-state index is 0.328. The van der Waals surface area contributed by atoms with Gasteiger partial charge in [-0.3, -0.25) is 9.44 Å². The van der Waals surface area contributed by atoms with Crippen LogP contribution in [-0.2, 0) is 9.53 Å². The molecule has 0 aliphatic carbocycles. The fourth-order valence-electron chi connectivity index (χ4n) is 1.78. The number of ether oxygens (including phenoxy) is 1. The van der Waals surface area contributed by atoms with E-state index in [1.54, 1.807) is 18.1 Å².